The van der Waals surface area contributed by atoms with Crippen LogP contribution in [0.2, 0.25) is 0 Å². The first-order chi connectivity index (χ1) is 8.54. The van der Waals surface area contributed by atoms with Crippen LogP contribution in [0.4, 0.5) is 0 Å². The van der Waals surface area contributed by atoms with Crippen molar-refractivity contribution in [3.05, 3.63) is 34.3 Å². The molecule has 18 heavy (non-hydrogen) atoms. The largest absolute Gasteiger partial charge is 0.356 e. The van der Waals surface area contributed by atoms with Crippen LogP contribution in [0.1, 0.15) is 24.2 Å². The minimum absolute atomic E-state index is 0.0297. The maximum absolute atomic E-state index is 12.1. The van der Waals surface area contributed by atoms with E-state index in [4.69, 9.17) is 0 Å². The molecule has 0 aliphatic carbocycles. The predicted molar refractivity (Wildman–Crippen MR) is 79.1 cm³/mol. The summed E-state index contributed by atoms with van der Waals surface area (Å²) in [6.45, 7) is 4.32. The van der Waals surface area contributed by atoms with Crippen LogP contribution in [0, 0.1) is 0 Å². The molecule has 1 aromatic rings. The van der Waals surface area contributed by atoms with Crippen molar-refractivity contribution in [2.45, 2.75) is 19.1 Å². The molecule has 0 saturated carbocycles. The van der Waals surface area contributed by atoms with Crippen LogP contribution in [-0.2, 0) is 4.79 Å². The van der Waals surface area contributed by atoms with E-state index in [0.717, 1.165) is 4.47 Å². The van der Waals surface area contributed by atoms with Crippen molar-refractivity contribution in [1.82, 2.24) is 5.32 Å². The average molecular weight is 330 g/mol. The lowest BCUT2D eigenvalue weighted by atomic mass is 10.1. The molecule has 1 unspecified atom stereocenters. The number of ketones is 1. The molecule has 0 fully saturated rings. The topological polar surface area (TPSA) is 46.2 Å². The Labute approximate surface area is 120 Å². The third-order valence-corrected chi connectivity index (χ3v) is 4.01. The van der Waals surface area contributed by atoms with Gasteiger partial charge >= 0.3 is 0 Å². The maximum Gasteiger partial charge on any atom is 0.230 e. The Kier molecular flexibility index (Phi) is 6.43. The summed E-state index contributed by atoms with van der Waals surface area (Å²) >= 11 is 4.69. The fourth-order valence-electron chi connectivity index (χ4n) is 1.37. The summed E-state index contributed by atoms with van der Waals surface area (Å²) < 4.78 is 0.946. The van der Waals surface area contributed by atoms with Gasteiger partial charge in [0.1, 0.15) is 0 Å². The highest BCUT2D eigenvalue weighted by atomic mass is 79.9. The molecule has 0 saturated heterocycles. The Morgan fingerprint density at radius 2 is 1.94 bits per heavy atom. The molecular weight excluding hydrogens is 314 g/mol. The summed E-state index contributed by atoms with van der Waals surface area (Å²) in [5.41, 5.74) is 0.675. The monoisotopic (exact) mass is 329 g/mol. The third kappa shape index (κ3) is 4.82. The third-order valence-electron chi connectivity index (χ3n) is 2.34. The van der Waals surface area contributed by atoms with Crippen molar-refractivity contribution in [3.63, 3.8) is 0 Å². The lowest BCUT2D eigenvalue weighted by Gasteiger charge is -2.10. The number of hydrogen-bond donors (Lipinski definition) is 1. The lowest BCUT2D eigenvalue weighted by Crippen LogP contribution is -2.26. The van der Waals surface area contributed by atoms with E-state index in [1.165, 1.54) is 11.8 Å². The van der Waals surface area contributed by atoms with Gasteiger partial charge in [-0.3, -0.25) is 9.59 Å². The number of amides is 1. The number of rotatable bonds is 6. The number of Topliss-reactive ketones (excluding diaryl/α,β-unsaturated/α-hetero) is 1. The molecule has 0 radical (unpaired) electrons. The van der Waals surface area contributed by atoms with Crippen molar-refractivity contribution < 1.29 is 9.59 Å². The maximum atomic E-state index is 12.1. The standard InChI is InChI=1S/C13H16BrNO2S/c1-3-15-12(16)8-18-9(2)13(17)10-4-6-11(14)7-5-10/h4-7,9H,3,8H2,1-2H3,(H,15,16). The summed E-state index contributed by atoms with van der Waals surface area (Å²) in [7, 11) is 0. The molecule has 0 spiro atoms. The van der Waals surface area contributed by atoms with E-state index in [2.05, 4.69) is 21.2 Å². The lowest BCUT2D eigenvalue weighted by molar-refractivity contribution is -0.118. The summed E-state index contributed by atoms with van der Waals surface area (Å²) in [5.74, 6) is 0.340. The summed E-state index contributed by atoms with van der Waals surface area (Å²) in [4.78, 5) is 23.4. The molecule has 0 aromatic heterocycles. The number of nitrogens with one attached hydrogen (secondary N) is 1. The fraction of sp³-hybridized carbons (Fsp3) is 0.385. The van der Waals surface area contributed by atoms with Crippen LogP contribution < -0.4 is 5.32 Å². The first kappa shape index (κ1) is 15.2. The van der Waals surface area contributed by atoms with Gasteiger partial charge in [-0.25, -0.2) is 0 Å². The Morgan fingerprint density at radius 3 is 2.50 bits per heavy atom. The van der Waals surface area contributed by atoms with Gasteiger partial charge < -0.3 is 5.32 Å². The van der Waals surface area contributed by atoms with Gasteiger partial charge in [-0.1, -0.05) is 28.1 Å². The molecular formula is C13H16BrNO2S. The molecule has 1 atom stereocenters. The summed E-state index contributed by atoms with van der Waals surface area (Å²) in [6.07, 6.45) is 0. The SMILES string of the molecule is CCNC(=O)CSC(C)C(=O)c1ccc(Br)cc1. The molecule has 0 aliphatic rings. The molecule has 1 N–H and O–H groups in total. The van der Waals surface area contributed by atoms with Gasteiger partial charge in [-0.15, -0.1) is 11.8 Å². The normalized spacial score (nSPS) is 11.9. The zero-order valence-electron chi connectivity index (χ0n) is 10.4. The van der Waals surface area contributed by atoms with Gasteiger partial charge in [0, 0.05) is 16.6 Å². The van der Waals surface area contributed by atoms with Gasteiger partial charge in [0.05, 0.1) is 11.0 Å². The number of thioether (sulfide) groups is 1. The minimum atomic E-state index is -0.214. The molecule has 1 rings (SSSR count). The summed E-state index contributed by atoms with van der Waals surface area (Å²) in [6, 6.07) is 7.26. The predicted octanol–water partition coefficient (Wildman–Crippen LogP) is 2.89. The second-order valence-electron chi connectivity index (χ2n) is 3.78. The van der Waals surface area contributed by atoms with Crippen LogP contribution in [-0.4, -0.2) is 29.2 Å². The highest BCUT2D eigenvalue weighted by Gasteiger charge is 2.16. The average Bonchev–Trinajstić information content (AvgIpc) is 2.36. The molecule has 1 amide bonds. The zero-order chi connectivity index (χ0) is 13.5. The Bertz CT molecular complexity index is 420. The molecule has 3 nitrogen and oxygen atoms in total. The number of benzene rings is 1. The minimum Gasteiger partial charge on any atom is -0.356 e. The number of carbonyl (C=O) groups is 2. The highest BCUT2D eigenvalue weighted by molar-refractivity contribution is 9.10. The van der Waals surface area contributed by atoms with Crippen molar-refractivity contribution in [2.75, 3.05) is 12.3 Å². The zero-order valence-corrected chi connectivity index (χ0v) is 12.8. The van der Waals surface area contributed by atoms with E-state index in [-0.39, 0.29) is 16.9 Å². The number of halogens is 1. The van der Waals surface area contributed by atoms with Gasteiger partial charge in [0.15, 0.2) is 5.78 Å². The van der Waals surface area contributed by atoms with Crippen molar-refractivity contribution in [3.8, 4) is 0 Å². The first-order valence-electron chi connectivity index (χ1n) is 5.72. The van der Waals surface area contributed by atoms with Crippen LogP contribution in [0.15, 0.2) is 28.7 Å². The van der Waals surface area contributed by atoms with Gasteiger partial charge in [-0.2, -0.15) is 0 Å². The Morgan fingerprint density at radius 1 is 1.33 bits per heavy atom. The van der Waals surface area contributed by atoms with E-state index in [1.807, 2.05) is 26.0 Å². The number of carbonyl (C=O) groups excluding carboxylic acids is 2. The molecule has 0 bridgehead atoms. The second kappa shape index (κ2) is 7.59. The van der Waals surface area contributed by atoms with Crippen LogP contribution in [0.3, 0.4) is 0 Å². The fourth-order valence-corrected chi connectivity index (χ4v) is 2.43. The molecule has 0 aliphatic heterocycles. The van der Waals surface area contributed by atoms with Crippen molar-refractivity contribution >= 4 is 39.4 Å². The van der Waals surface area contributed by atoms with Gasteiger partial charge in [0.2, 0.25) is 5.91 Å². The van der Waals surface area contributed by atoms with E-state index >= 15 is 0 Å². The van der Waals surface area contributed by atoms with Gasteiger partial charge in [0.25, 0.3) is 0 Å². The number of hydrogen-bond acceptors (Lipinski definition) is 3. The Balaban J connectivity index is 2.51. The molecule has 5 heteroatoms. The van der Waals surface area contributed by atoms with Gasteiger partial charge in [-0.05, 0) is 26.0 Å². The van der Waals surface area contributed by atoms with E-state index < -0.39 is 0 Å². The molecule has 0 heterocycles. The van der Waals surface area contributed by atoms with Crippen LogP contribution in [0.25, 0.3) is 0 Å². The van der Waals surface area contributed by atoms with E-state index in [0.29, 0.717) is 17.9 Å². The second-order valence-corrected chi connectivity index (χ2v) is 6.02. The molecule has 98 valence electrons. The van der Waals surface area contributed by atoms with Crippen molar-refractivity contribution in [1.29, 1.82) is 0 Å². The van der Waals surface area contributed by atoms with Crippen molar-refractivity contribution in [2.24, 2.45) is 0 Å². The van der Waals surface area contributed by atoms with Crippen LogP contribution >= 0.6 is 27.7 Å². The van der Waals surface area contributed by atoms with E-state index in [9.17, 15) is 9.59 Å². The quantitative estimate of drug-likeness (QED) is 0.816. The van der Waals surface area contributed by atoms with Crippen LogP contribution in [0.5, 0.6) is 0 Å². The summed E-state index contributed by atoms with van der Waals surface area (Å²) in [5, 5.41) is 2.50. The highest BCUT2D eigenvalue weighted by Crippen LogP contribution is 2.18. The Hall–Kier alpha value is -0.810. The smallest absolute Gasteiger partial charge is 0.230 e. The van der Waals surface area contributed by atoms with E-state index in [1.54, 1.807) is 12.1 Å². The molecule has 1 aromatic carbocycles. The first-order valence-corrected chi connectivity index (χ1v) is 7.56.